The number of Topliss-reactive ketones (excluding diaryl/α,β-unsaturated/α-hetero) is 1. The van der Waals surface area contributed by atoms with E-state index in [0.29, 0.717) is 36.5 Å². The van der Waals surface area contributed by atoms with Gasteiger partial charge in [0.25, 0.3) is 0 Å². The highest BCUT2D eigenvalue weighted by Crippen LogP contribution is 2.37. The van der Waals surface area contributed by atoms with E-state index in [2.05, 4.69) is 71.5 Å². The van der Waals surface area contributed by atoms with Gasteiger partial charge in [-0.25, -0.2) is 0 Å². The van der Waals surface area contributed by atoms with Crippen molar-refractivity contribution < 1.29 is 4.79 Å². The molecular weight excluding hydrogens is 442 g/mol. The second-order valence-corrected chi connectivity index (χ2v) is 11.1. The molecule has 2 aromatic carbocycles. The van der Waals surface area contributed by atoms with Crippen LogP contribution in [0.2, 0.25) is 0 Å². The molecule has 194 valence electrons. The molecule has 2 aliphatic rings. The van der Waals surface area contributed by atoms with Crippen molar-refractivity contribution in [2.75, 3.05) is 13.1 Å². The lowest BCUT2D eigenvalue weighted by molar-refractivity contribution is -0.120. The molecule has 1 aliphatic heterocycles. The predicted octanol–water partition coefficient (Wildman–Crippen LogP) is 6.58. The zero-order chi connectivity index (χ0) is 24.2. The molecule has 3 N–H and O–H groups in total. The first-order chi connectivity index (χ1) is 17.1. The molecule has 1 aromatic heterocycles. The maximum atomic E-state index is 13.4. The van der Waals surface area contributed by atoms with Crippen molar-refractivity contribution in [2.24, 2.45) is 17.6 Å². The summed E-state index contributed by atoms with van der Waals surface area (Å²) in [7, 11) is 0. The molecule has 2 fully saturated rings. The van der Waals surface area contributed by atoms with Gasteiger partial charge in [0.05, 0.1) is 0 Å². The van der Waals surface area contributed by atoms with E-state index < -0.39 is 0 Å². The van der Waals surface area contributed by atoms with Crippen molar-refractivity contribution in [1.29, 1.82) is 0 Å². The van der Waals surface area contributed by atoms with Crippen molar-refractivity contribution in [3.63, 3.8) is 0 Å². The van der Waals surface area contributed by atoms with Gasteiger partial charge in [0.2, 0.25) is 0 Å². The Hall–Kier alpha value is -2.43. The number of carbonyl (C=O) groups is 1. The lowest BCUT2D eigenvalue weighted by Crippen LogP contribution is -2.29. The summed E-state index contributed by atoms with van der Waals surface area (Å²) in [6, 6.07) is 17.9. The lowest BCUT2D eigenvalue weighted by atomic mass is 9.80. The summed E-state index contributed by atoms with van der Waals surface area (Å²) in [4.78, 5) is 13.4. The average molecular weight is 488 g/mol. The van der Waals surface area contributed by atoms with E-state index in [-0.39, 0.29) is 13.3 Å². The number of benzene rings is 2. The Kier molecular flexibility index (Phi) is 9.03. The predicted molar refractivity (Wildman–Crippen MR) is 151 cm³/mol. The molecule has 4 nitrogen and oxygen atoms in total. The minimum atomic E-state index is 0. The number of nitrogens with two attached hydrogens (primary N) is 1. The molecule has 1 atom stereocenters. The molecule has 0 spiro atoms. The first kappa shape index (κ1) is 26.6. The number of carbonyl (C=O) groups excluding carboxylic acids is 1. The van der Waals surface area contributed by atoms with Crippen molar-refractivity contribution in [3.8, 4) is 0 Å². The van der Waals surface area contributed by atoms with Gasteiger partial charge in [0.15, 0.2) is 0 Å². The zero-order valence-electron chi connectivity index (χ0n) is 21.2. The molecule has 4 heteroatoms. The standard InChI is InChI=1S/C31H41N3O.CH4/c1-22-5-4-6-25(17-22)29(19-27(35)18-23-9-11-26(32)12-10-23)30-21-34(20-24-13-15-33-16-14-24)31-8-3-2-7-28(30)31;/h2-8,17,21,23-24,26,29,33H,9-16,18-20,32H2,1H3;1H4. The van der Waals surface area contributed by atoms with E-state index >= 15 is 0 Å². The van der Waals surface area contributed by atoms with E-state index in [1.165, 1.54) is 40.4 Å². The molecule has 1 aliphatic carbocycles. The molecule has 1 unspecified atom stereocenters. The van der Waals surface area contributed by atoms with Crippen LogP contribution < -0.4 is 11.1 Å². The highest BCUT2D eigenvalue weighted by atomic mass is 16.1. The summed E-state index contributed by atoms with van der Waals surface area (Å²) in [5, 5.41) is 4.79. The number of hydrogen-bond acceptors (Lipinski definition) is 3. The number of ketones is 1. The topological polar surface area (TPSA) is 60.1 Å². The highest BCUT2D eigenvalue weighted by Gasteiger charge is 2.26. The third kappa shape index (κ3) is 6.27. The van der Waals surface area contributed by atoms with Crippen LogP contribution in [0.3, 0.4) is 0 Å². The minimum absolute atomic E-state index is 0. The number of fused-ring (bicyclic) bond motifs is 1. The number of para-hydroxylation sites is 1. The molecule has 1 saturated carbocycles. The molecule has 36 heavy (non-hydrogen) atoms. The molecule has 3 aromatic rings. The van der Waals surface area contributed by atoms with Crippen molar-refractivity contribution in [3.05, 3.63) is 71.4 Å². The Morgan fingerprint density at radius 2 is 1.75 bits per heavy atom. The van der Waals surface area contributed by atoms with Crippen molar-refractivity contribution in [1.82, 2.24) is 9.88 Å². The van der Waals surface area contributed by atoms with Crippen LogP contribution in [-0.4, -0.2) is 29.5 Å². The van der Waals surface area contributed by atoms with Gasteiger partial charge in [-0.15, -0.1) is 0 Å². The summed E-state index contributed by atoms with van der Waals surface area (Å²) in [5.74, 6) is 1.69. The summed E-state index contributed by atoms with van der Waals surface area (Å²) in [6.45, 7) is 5.43. The van der Waals surface area contributed by atoms with Gasteiger partial charge in [0.1, 0.15) is 5.78 Å². The summed E-state index contributed by atoms with van der Waals surface area (Å²) in [6.07, 6.45) is 10.4. The maximum absolute atomic E-state index is 13.4. The van der Waals surface area contributed by atoms with Gasteiger partial charge in [0, 0.05) is 48.4 Å². The smallest absolute Gasteiger partial charge is 0.134 e. The van der Waals surface area contributed by atoms with Gasteiger partial charge >= 0.3 is 0 Å². The molecule has 2 heterocycles. The summed E-state index contributed by atoms with van der Waals surface area (Å²) < 4.78 is 2.47. The monoisotopic (exact) mass is 487 g/mol. The fourth-order valence-corrected chi connectivity index (χ4v) is 6.37. The fourth-order valence-electron chi connectivity index (χ4n) is 6.37. The first-order valence-corrected chi connectivity index (χ1v) is 13.7. The Bertz CT molecular complexity index is 1140. The number of nitrogens with one attached hydrogen (secondary N) is 1. The van der Waals surface area contributed by atoms with Crippen molar-refractivity contribution in [2.45, 2.75) is 84.2 Å². The van der Waals surface area contributed by atoms with Gasteiger partial charge < -0.3 is 15.6 Å². The SMILES string of the molecule is C.Cc1cccc(C(CC(=O)CC2CCC(N)CC2)c2cn(CC3CCNCC3)c3ccccc23)c1. The van der Waals surface area contributed by atoms with Crippen LogP contribution in [0.5, 0.6) is 0 Å². The van der Waals surface area contributed by atoms with Crippen LogP contribution in [-0.2, 0) is 11.3 Å². The minimum Gasteiger partial charge on any atom is -0.347 e. The van der Waals surface area contributed by atoms with Gasteiger partial charge in [-0.05, 0) is 87.6 Å². The van der Waals surface area contributed by atoms with E-state index in [1.807, 2.05) is 0 Å². The highest BCUT2D eigenvalue weighted by molar-refractivity contribution is 5.87. The van der Waals surface area contributed by atoms with E-state index in [4.69, 9.17) is 5.73 Å². The fraction of sp³-hybridized carbons (Fsp3) is 0.531. The number of rotatable bonds is 8. The van der Waals surface area contributed by atoms with Crippen LogP contribution in [0.4, 0.5) is 0 Å². The zero-order valence-corrected chi connectivity index (χ0v) is 21.2. The number of aryl methyl sites for hydroxylation is 1. The summed E-state index contributed by atoms with van der Waals surface area (Å²) >= 11 is 0. The number of aromatic nitrogens is 1. The second-order valence-electron chi connectivity index (χ2n) is 11.1. The average Bonchev–Trinajstić information content (AvgIpc) is 3.23. The Labute approximate surface area is 217 Å². The number of hydrogen-bond donors (Lipinski definition) is 2. The normalized spacial score (nSPS) is 21.7. The van der Waals surface area contributed by atoms with Crippen LogP contribution in [0.25, 0.3) is 10.9 Å². The van der Waals surface area contributed by atoms with E-state index in [1.54, 1.807) is 0 Å². The quantitative estimate of drug-likeness (QED) is 0.377. The Morgan fingerprint density at radius 1 is 1.00 bits per heavy atom. The van der Waals surface area contributed by atoms with Gasteiger partial charge in [-0.2, -0.15) is 0 Å². The number of piperidine rings is 1. The van der Waals surface area contributed by atoms with Crippen LogP contribution in [0, 0.1) is 18.8 Å². The van der Waals surface area contributed by atoms with E-state index in [0.717, 1.165) is 45.3 Å². The molecule has 0 amide bonds. The molecule has 5 rings (SSSR count). The Morgan fingerprint density at radius 3 is 2.50 bits per heavy atom. The maximum Gasteiger partial charge on any atom is 0.134 e. The number of nitrogens with zero attached hydrogens (tertiary/aromatic N) is 1. The van der Waals surface area contributed by atoms with Crippen molar-refractivity contribution >= 4 is 16.7 Å². The molecular formula is C32H45N3O. The lowest BCUT2D eigenvalue weighted by Gasteiger charge is -2.26. The van der Waals surface area contributed by atoms with E-state index in [9.17, 15) is 4.79 Å². The molecule has 1 saturated heterocycles. The Balaban J connectivity index is 0.00000304. The molecule has 0 radical (unpaired) electrons. The third-order valence-electron chi connectivity index (χ3n) is 8.39. The molecule has 0 bridgehead atoms. The largest absolute Gasteiger partial charge is 0.347 e. The first-order valence-electron chi connectivity index (χ1n) is 13.7. The van der Waals surface area contributed by atoms with Gasteiger partial charge in [-0.1, -0.05) is 55.5 Å². The third-order valence-corrected chi connectivity index (χ3v) is 8.39. The van der Waals surface area contributed by atoms with Crippen LogP contribution >= 0.6 is 0 Å². The van der Waals surface area contributed by atoms with Crippen LogP contribution in [0.1, 0.15) is 81.4 Å². The summed E-state index contributed by atoms with van der Waals surface area (Å²) in [5.41, 5.74) is 11.2. The van der Waals surface area contributed by atoms with Crippen LogP contribution in [0.15, 0.2) is 54.7 Å². The second kappa shape index (κ2) is 12.2. The van der Waals surface area contributed by atoms with Gasteiger partial charge in [-0.3, -0.25) is 4.79 Å².